The number of rotatable bonds is 4. The van der Waals surface area contributed by atoms with Gasteiger partial charge in [-0.05, 0) is 20.8 Å². The molecule has 1 N–H and O–H groups in total. The average Bonchev–Trinajstić information content (AvgIpc) is 2.37. The highest BCUT2D eigenvalue weighted by molar-refractivity contribution is 5.36. The summed E-state index contributed by atoms with van der Waals surface area (Å²) in [5.41, 5.74) is 0.903. The Bertz CT molecular complexity index is 245. The summed E-state index contributed by atoms with van der Waals surface area (Å²) >= 11 is 0. The van der Waals surface area contributed by atoms with E-state index < -0.39 is 0 Å². The number of nitrogens with zero attached hydrogens (tertiary/aromatic N) is 1. The van der Waals surface area contributed by atoms with Crippen LogP contribution in [0.1, 0.15) is 19.5 Å². The lowest BCUT2D eigenvalue weighted by Gasteiger charge is -2.03. The molecule has 0 aromatic carbocycles. The molecule has 1 heterocycles. The lowest BCUT2D eigenvalue weighted by Crippen LogP contribution is -1.97. The highest BCUT2D eigenvalue weighted by Crippen LogP contribution is 2.27. The third-order valence-electron chi connectivity index (χ3n) is 1.43. The zero-order valence-electron chi connectivity index (χ0n) is 7.68. The van der Waals surface area contributed by atoms with E-state index in [0.29, 0.717) is 19.1 Å². The van der Waals surface area contributed by atoms with Crippen molar-refractivity contribution in [2.24, 2.45) is 0 Å². The molecule has 0 fully saturated rings. The molecular formula is C8H14N2O2. The van der Waals surface area contributed by atoms with Crippen LogP contribution < -0.4 is 9.47 Å². The summed E-state index contributed by atoms with van der Waals surface area (Å²) in [6, 6.07) is 0. The van der Waals surface area contributed by atoms with Crippen LogP contribution in [0.15, 0.2) is 0 Å². The Labute approximate surface area is 71.9 Å². The van der Waals surface area contributed by atoms with Crippen LogP contribution in [0.25, 0.3) is 0 Å². The van der Waals surface area contributed by atoms with Gasteiger partial charge in [0, 0.05) is 0 Å². The minimum absolute atomic E-state index is 0.553. The summed E-state index contributed by atoms with van der Waals surface area (Å²) in [7, 11) is 0. The van der Waals surface area contributed by atoms with Crippen LogP contribution in [0.3, 0.4) is 0 Å². The van der Waals surface area contributed by atoms with E-state index in [1.807, 2.05) is 20.8 Å². The predicted molar refractivity (Wildman–Crippen MR) is 45.7 cm³/mol. The Morgan fingerprint density at radius 1 is 1.25 bits per heavy atom. The second-order valence-corrected chi connectivity index (χ2v) is 2.35. The van der Waals surface area contributed by atoms with E-state index in [-0.39, 0.29) is 0 Å². The molecule has 0 aliphatic heterocycles. The SMILES string of the molecule is CCOc1n[nH]c(C)c1OCC. The van der Waals surface area contributed by atoms with Gasteiger partial charge in [-0.25, -0.2) is 0 Å². The van der Waals surface area contributed by atoms with Crippen molar-refractivity contribution < 1.29 is 9.47 Å². The molecule has 0 radical (unpaired) electrons. The molecule has 4 heteroatoms. The number of hydrogen-bond donors (Lipinski definition) is 1. The summed E-state index contributed by atoms with van der Waals surface area (Å²) in [6.07, 6.45) is 0. The molecule has 1 aromatic rings. The molecule has 0 aliphatic carbocycles. The molecule has 0 saturated carbocycles. The van der Waals surface area contributed by atoms with Gasteiger partial charge < -0.3 is 9.47 Å². The van der Waals surface area contributed by atoms with Gasteiger partial charge in [-0.3, -0.25) is 5.10 Å². The van der Waals surface area contributed by atoms with Gasteiger partial charge in [0.1, 0.15) is 0 Å². The minimum atomic E-state index is 0.553. The summed E-state index contributed by atoms with van der Waals surface area (Å²) in [6.45, 7) is 6.98. The van der Waals surface area contributed by atoms with Crippen molar-refractivity contribution in [3.05, 3.63) is 5.69 Å². The van der Waals surface area contributed by atoms with Gasteiger partial charge in [0.15, 0.2) is 0 Å². The summed E-state index contributed by atoms with van der Waals surface area (Å²) < 4.78 is 10.6. The molecule has 0 atom stereocenters. The summed E-state index contributed by atoms with van der Waals surface area (Å²) in [5, 5.41) is 6.76. The number of aromatic nitrogens is 2. The standard InChI is InChI=1S/C8H14N2O2/c1-4-11-7-6(3)9-10-8(7)12-5-2/h4-5H2,1-3H3,(H,9,10). The van der Waals surface area contributed by atoms with Crippen molar-refractivity contribution in [3.8, 4) is 11.6 Å². The molecule has 4 nitrogen and oxygen atoms in total. The van der Waals surface area contributed by atoms with Crippen LogP contribution in [0.4, 0.5) is 0 Å². The molecule has 0 aliphatic rings. The molecular weight excluding hydrogens is 156 g/mol. The Balaban J connectivity index is 2.80. The van der Waals surface area contributed by atoms with Gasteiger partial charge in [-0.1, -0.05) is 0 Å². The highest BCUT2D eigenvalue weighted by atomic mass is 16.5. The van der Waals surface area contributed by atoms with Crippen molar-refractivity contribution >= 4 is 0 Å². The monoisotopic (exact) mass is 170 g/mol. The van der Waals surface area contributed by atoms with E-state index in [9.17, 15) is 0 Å². The summed E-state index contributed by atoms with van der Waals surface area (Å²) in [5.74, 6) is 1.27. The fourth-order valence-corrected chi connectivity index (χ4v) is 0.945. The first-order valence-corrected chi connectivity index (χ1v) is 4.10. The second kappa shape index (κ2) is 3.99. The van der Waals surface area contributed by atoms with Crippen molar-refractivity contribution in [1.82, 2.24) is 10.2 Å². The van der Waals surface area contributed by atoms with Gasteiger partial charge in [-0.15, -0.1) is 5.10 Å². The lowest BCUT2D eigenvalue weighted by molar-refractivity contribution is 0.281. The Hall–Kier alpha value is -1.19. The smallest absolute Gasteiger partial charge is 0.276 e. The van der Waals surface area contributed by atoms with Crippen LogP contribution in [0, 0.1) is 6.92 Å². The fraction of sp³-hybridized carbons (Fsp3) is 0.625. The highest BCUT2D eigenvalue weighted by Gasteiger charge is 2.11. The van der Waals surface area contributed by atoms with Crippen molar-refractivity contribution in [2.45, 2.75) is 20.8 Å². The van der Waals surface area contributed by atoms with E-state index in [1.165, 1.54) is 0 Å². The molecule has 1 aromatic heterocycles. The first kappa shape index (κ1) is 8.90. The van der Waals surface area contributed by atoms with Crippen LogP contribution in [-0.4, -0.2) is 23.4 Å². The maximum Gasteiger partial charge on any atom is 0.276 e. The molecule has 68 valence electrons. The first-order chi connectivity index (χ1) is 5.79. The number of aromatic amines is 1. The fourth-order valence-electron chi connectivity index (χ4n) is 0.945. The topological polar surface area (TPSA) is 47.1 Å². The average molecular weight is 170 g/mol. The largest absolute Gasteiger partial charge is 0.487 e. The Morgan fingerprint density at radius 2 is 1.92 bits per heavy atom. The Kier molecular flexibility index (Phi) is 2.96. The number of aryl methyl sites for hydroxylation is 1. The maximum absolute atomic E-state index is 5.34. The molecule has 1 rings (SSSR count). The molecule has 0 unspecified atom stereocenters. The number of hydrogen-bond acceptors (Lipinski definition) is 3. The van der Waals surface area contributed by atoms with E-state index in [4.69, 9.17) is 9.47 Å². The van der Waals surface area contributed by atoms with Gasteiger partial charge in [-0.2, -0.15) is 0 Å². The zero-order chi connectivity index (χ0) is 8.97. The van der Waals surface area contributed by atoms with Crippen LogP contribution in [0.2, 0.25) is 0 Å². The predicted octanol–water partition coefficient (Wildman–Crippen LogP) is 1.52. The van der Waals surface area contributed by atoms with E-state index in [0.717, 1.165) is 11.4 Å². The second-order valence-electron chi connectivity index (χ2n) is 2.35. The lowest BCUT2D eigenvalue weighted by atomic mass is 10.4. The quantitative estimate of drug-likeness (QED) is 0.745. The first-order valence-electron chi connectivity index (χ1n) is 4.10. The third kappa shape index (κ3) is 1.69. The third-order valence-corrected chi connectivity index (χ3v) is 1.43. The molecule has 0 spiro atoms. The number of nitrogens with one attached hydrogen (secondary N) is 1. The van der Waals surface area contributed by atoms with E-state index >= 15 is 0 Å². The minimum Gasteiger partial charge on any atom is -0.487 e. The normalized spacial score (nSPS) is 9.92. The number of H-pyrrole nitrogens is 1. The van der Waals surface area contributed by atoms with E-state index in [2.05, 4.69) is 10.2 Å². The molecule has 0 amide bonds. The van der Waals surface area contributed by atoms with Gasteiger partial charge in [0.2, 0.25) is 5.75 Å². The maximum atomic E-state index is 5.34. The molecule has 12 heavy (non-hydrogen) atoms. The van der Waals surface area contributed by atoms with Gasteiger partial charge in [0.25, 0.3) is 5.88 Å². The van der Waals surface area contributed by atoms with E-state index in [1.54, 1.807) is 0 Å². The van der Waals surface area contributed by atoms with Crippen molar-refractivity contribution in [3.63, 3.8) is 0 Å². The van der Waals surface area contributed by atoms with Crippen LogP contribution in [0.5, 0.6) is 11.6 Å². The van der Waals surface area contributed by atoms with Crippen LogP contribution in [-0.2, 0) is 0 Å². The van der Waals surface area contributed by atoms with Gasteiger partial charge in [0.05, 0.1) is 18.9 Å². The number of ether oxygens (including phenoxy) is 2. The zero-order valence-corrected chi connectivity index (χ0v) is 7.68. The molecule has 0 bridgehead atoms. The van der Waals surface area contributed by atoms with Crippen molar-refractivity contribution in [1.29, 1.82) is 0 Å². The van der Waals surface area contributed by atoms with Crippen molar-refractivity contribution in [2.75, 3.05) is 13.2 Å². The molecule has 0 saturated heterocycles. The van der Waals surface area contributed by atoms with Gasteiger partial charge >= 0.3 is 0 Å². The summed E-state index contributed by atoms with van der Waals surface area (Å²) in [4.78, 5) is 0. The Morgan fingerprint density at radius 3 is 2.50 bits per heavy atom. The van der Waals surface area contributed by atoms with Crippen LogP contribution >= 0.6 is 0 Å².